The van der Waals surface area contributed by atoms with Crippen LogP contribution >= 0.6 is 50.1 Å². The smallest absolute Gasteiger partial charge is 0.226 e. The third kappa shape index (κ3) is 2.25. The first kappa shape index (κ1) is 14.2. The lowest BCUT2D eigenvalue weighted by Crippen LogP contribution is -1.96. The van der Waals surface area contributed by atoms with E-state index >= 15 is 0 Å². The van der Waals surface area contributed by atoms with Crippen molar-refractivity contribution in [1.29, 1.82) is 0 Å². The highest BCUT2D eigenvalue weighted by Gasteiger charge is 2.16. The number of hydrogen-bond acceptors (Lipinski definition) is 5. The Balaban J connectivity index is 2.11. The van der Waals surface area contributed by atoms with Gasteiger partial charge in [0.15, 0.2) is 5.65 Å². The molecule has 0 spiro atoms. The van der Waals surface area contributed by atoms with Gasteiger partial charge in [-0.3, -0.25) is 4.98 Å². The first-order valence-corrected chi connectivity index (χ1v) is 8.36. The van der Waals surface area contributed by atoms with E-state index in [9.17, 15) is 0 Å². The van der Waals surface area contributed by atoms with Crippen molar-refractivity contribution in [1.82, 2.24) is 29.5 Å². The quantitative estimate of drug-likeness (QED) is 0.302. The molecule has 6 nitrogen and oxygen atoms in total. The molecule has 0 aliphatic carbocycles. The number of fused-ring (bicyclic) bond motifs is 3. The zero-order valence-corrected chi connectivity index (χ0v) is 15.2. The Bertz CT molecular complexity index is 1020. The summed E-state index contributed by atoms with van der Waals surface area (Å²) in [5.74, 6) is 0.458. The maximum Gasteiger partial charge on any atom is 0.226 e. The molecule has 0 bridgehead atoms. The molecule has 4 aromatic rings. The maximum absolute atomic E-state index is 6.25. The molecule has 0 aliphatic rings. The average molecular weight is 487 g/mol. The van der Waals surface area contributed by atoms with E-state index in [1.807, 2.05) is 12.1 Å². The lowest BCUT2D eigenvalue weighted by Gasteiger charge is -2.04. The van der Waals surface area contributed by atoms with E-state index in [1.165, 1.54) is 4.52 Å². The Labute approximate surface area is 151 Å². The summed E-state index contributed by atoms with van der Waals surface area (Å²) >= 11 is 12.0. The minimum Gasteiger partial charge on any atom is -0.261 e. The average Bonchev–Trinajstić information content (AvgIpc) is 2.96. The first-order chi connectivity index (χ1) is 10.6. The van der Waals surface area contributed by atoms with E-state index in [0.29, 0.717) is 17.2 Å². The highest BCUT2D eigenvalue weighted by atomic mass is 127. The van der Waals surface area contributed by atoms with Gasteiger partial charge in [0.2, 0.25) is 11.1 Å². The van der Waals surface area contributed by atoms with Crippen molar-refractivity contribution in [3.05, 3.63) is 44.0 Å². The summed E-state index contributed by atoms with van der Waals surface area (Å²) in [6.07, 6.45) is 4.80. The fourth-order valence-corrected chi connectivity index (χ4v) is 3.96. The molecule has 0 atom stereocenters. The molecule has 0 fully saturated rings. The van der Waals surface area contributed by atoms with Crippen LogP contribution in [0.25, 0.3) is 28.1 Å². The van der Waals surface area contributed by atoms with Crippen molar-refractivity contribution in [2.24, 2.45) is 0 Å². The van der Waals surface area contributed by atoms with Gasteiger partial charge in [-0.25, -0.2) is 15.0 Å². The molecule has 108 valence electrons. The molecule has 3 heterocycles. The number of aromatic nitrogens is 6. The fourth-order valence-electron chi connectivity index (χ4n) is 2.13. The molecule has 4 rings (SSSR count). The predicted molar refractivity (Wildman–Crippen MR) is 94.7 cm³/mol. The molecule has 0 aliphatic heterocycles. The number of benzene rings is 1. The molecule has 0 amide bonds. The summed E-state index contributed by atoms with van der Waals surface area (Å²) in [5.41, 5.74) is 2.01. The van der Waals surface area contributed by atoms with E-state index in [4.69, 9.17) is 11.6 Å². The van der Waals surface area contributed by atoms with Crippen molar-refractivity contribution < 1.29 is 0 Å². The summed E-state index contributed by atoms with van der Waals surface area (Å²) in [6.45, 7) is 0. The summed E-state index contributed by atoms with van der Waals surface area (Å²) in [4.78, 5) is 17.2. The largest absolute Gasteiger partial charge is 0.261 e. The van der Waals surface area contributed by atoms with Crippen LogP contribution in [0.4, 0.5) is 0 Å². The van der Waals surface area contributed by atoms with Crippen LogP contribution in [-0.4, -0.2) is 29.5 Å². The van der Waals surface area contributed by atoms with Gasteiger partial charge in [0.25, 0.3) is 0 Å². The van der Waals surface area contributed by atoms with Gasteiger partial charge in [-0.1, -0.05) is 15.9 Å². The van der Waals surface area contributed by atoms with Crippen LogP contribution in [0.15, 0.2) is 35.2 Å². The number of nitrogens with zero attached hydrogens (tertiary/aromatic N) is 6. The highest BCUT2D eigenvalue weighted by molar-refractivity contribution is 14.1. The van der Waals surface area contributed by atoms with Gasteiger partial charge in [0.05, 0.1) is 11.7 Å². The minimum absolute atomic E-state index is 0.255. The Kier molecular flexibility index (Phi) is 3.46. The molecule has 0 unspecified atom stereocenters. The Morgan fingerprint density at radius 3 is 2.82 bits per heavy atom. The zero-order valence-electron chi connectivity index (χ0n) is 10.7. The second-order valence-corrected chi connectivity index (χ2v) is 6.84. The van der Waals surface area contributed by atoms with Crippen LogP contribution in [0.3, 0.4) is 0 Å². The molecule has 0 N–H and O–H groups in total. The summed E-state index contributed by atoms with van der Waals surface area (Å²) in [5, 5.41) is 5.50. The van der Waals surface area contributed by atoms with Gasteiger partial charge in [-0.2, -0.15) is 4.52 Å². The lowest BCUT2D eigenvalue weighted by molar-refractivity contribution is 0.934. The molecule has 1 aromatic carbocycles. The van der Waals surface area contributed by atoms with E-state index < -0.39 is 0 Å². The fraction of sp³-hybridized carbons (Fsp3) is 0. The highest BCUT2D eigenvalue weighted by Crippen LogP contribution is 2.29. The molecule has 0 saturated carbocycles. The SMILES string of the molecule is Clc1nc2c(I)cc(Br)cc2c2nc(-c3cnccn3)nn12. The zero-order chi connectivity index (χ0) is 15.3. The van der Waals surface area contributed by atoms with Crippen LogP contribution < -0.4 is 0 Å². The normalized spacial score (nSPS) is 11.4. The van der Waals surface area contributed by atoms with E-state index in [2.05, 4.69) is 63.6 Å². The standard InChI is InChI=1S/C13H5BrClIN6/c14-6-3-7-10(8(16)4-6)19-13(15)22-12(7)20-11(21-22)9-5-17-1-2-18-9/h1-5H. The third-order valence-corrected chi connectivity index (χ3v) is 4.57. The van der Waals surface area contributed by atoms with Gasteiger partial charge in [-0.15, -0.1) is 5.10 Å². The van der Waals surface area contributed by atoms with Gasteiger partial charge in [-0.05, 0) is 46.3 Å². The van der Waals surface area contributed by atoms with Crippen molar-refractivity contribution >= 4 is 66.7 Å². The summed E-state index contributed by atoms with van der Waals surface area (Å²) in [6, 6.07) is 3.92. The van der Waals surface area contributed by atoms with Gasteiger partial charge >= 0.3 is 0 Å². The molecule has 0 radical (unpaired) electrons. The van der Waals surface area contributed by atoms with Crippen LogP contribution in [0, 0.1) is 3.57 Å². The molecule has 3 aromatic heterocycles. The third-order valence-electron chi connectivity index (χ3n) is 3.05. The second-order valence-electron chi connectivity index (χ2n) is 4.43. The van der Waals surface area contributed by atoms with Crippen LogP contribution in [-0.2, 0) is 0 Å². The Morgan fingerprint density at radius 1 is 1.18 bits per heavy atom. The Morgan fingerprint density at radius 2 is 2.05 bits per heavy atom. The summed E-state index contributed by atoms with van der Waals surface area (Å²) < 4.78 is 3.44. The molecule has 22 heavy (non-hydrogen) atoms. The van der Waals surface area contributed by atoms with Crippen molar-refractivity contribution in [2.75, 3.05) is 0 Å². The molecule has 0 saturated heterocycles. The molecule has 9 heteroatoms. The van der Waals surface area contributed by atoms with Crippen molar-refractivity contribution in [3.8, 4) is 11.5 Å². The number of rotatable bonds is 1. The van der Waals surface area contributed by atoms with Crippen LogP contribution in [0.5, 0.6) is 0 Å². The topological polar surface area (TPSA) is 68.9 Å². The maximum atomic E-state index is 6.25. The van der Waals surface area contributed by atoms with Crippen molar-refractivity contribution in [3.63, 3.8) is 0 Å². The lowest BCUT2D eigenvalue weighted by atomic mass is 10.2. The second kappa shape index (κ2) is 5.36. The number of hydrogen-bond donors (Lipinski definition) is 0. The minimum atomic E-state index is 0.255. The molecular weight excluding hydrogens is 482 g/mol. The molecular formula is C13H5BrClIN6. The van der Waals surface area contributed by atoms with E-state index in [1.54, 1.807) is 18.6 Å². The van der Waals surface area contributed by atoms with E-state index in [-0.39, 0.29) is 5.28 Å². The monoisotopic (exact) mass is 486 g/mol. The Hall–Kier alpha value is -1.39. The van der Waals surface area contributed by atoms with Gasteiger partial charge in [0.1, 0.15) is 5.69 Å². The van der Waals surface area contributed by atoms with Crippen LogP contribution in [0.1, 0.15) is 0 Å². The summed E-state index contributed by atoms with van der Waals surface area (Å²) in [7, 11) is 0. The van der Waals surface area contributed by atoms with Gasteiger partial charge in [0, 0.05) is 25.8 Å². The van der Waals surface area contributed by atoms with E-state index in [0.717, 1.165) is 18.9 Å². The first-order valence-electron chi connectivity index (χ1n) is 6.11. The predicted octanol–water partition coefficient (Wildman–Crippen LogP) is 3.76. The van der Waals surface area contributed by atoms with Crippen molar-refractivity contribution in [2.45, 2.75) is 0 Å². The van der Waals surface area contributed by atoms with Crippen LogP contribution in [0.2, 0.25) is 5.28 Å². The van der Waals surface area contributed by atoms with Gasteiger partial charge < -0.3 is 0 Å². The number of halogens is 3.